The zero-order valence-corrected chi connectivity index (χ0v) is 32.7. The molecule has 6 bridgehead atoms. The van der Waals surface area contributed by atoms with Gasteiger partial charge in [0.1, 0.15) is 47.2 Å². The Morgan fingerprint density at radius 1 is 0.881 bits per heavy atom. The van der Waals surface area contributed by atoms with Crippen LogP contribution in [-0.2, 0) is 20.9 Å². The maximum atomic E-state index is 15.4. The van der Waals surface area contributed by atoms with Crippen molar-refractivity contribution in [1.82, 2.24) is 44.1 Å². The Labute approximate surface area is 336 Å². The van der Waals surface area contributed by atoms with E-state index in [1.807, 2.05) is 28.2 Å². The Kier molecular flexibility index (Phi) is 8.73. The molecule has 0 spiro atoms. The average Bonchev–Trinajstić information content (AvgIpc) is 3.89. The molecule has 8 heterocycles. The number of piperidine rings is 1. The van der Waals surface area contributed by atoms with Crippen molar-refractivity contribution in [3.05, 3.63) is 78.1 Å². The van der Waals surface area contributed by atoms with E-state index in [9.17, 15) is 14.0 Å². The van der Waals surface area contributed by atoms with Gasteiger partial charge < -0.3 is 33.6 Å². The SMILES string of the molecule is CCO[C@H]1CN(C)C(=O)[C@@H]2C[C@@H](CN2c2nc(N3[C@H]4C[C@@H]3C(=O)N(C)C4)nc3c2cnn3-c2ccc(F)cc2F)Oc2cc(ccn2)-c2cc(F)cc3nc(C)n(c23)C1. The predicted octanol–water partition coefficient (Wildman–Crippen LogP) is 4.28. The van der Waals surface area contributed by atoms with E-state index in [2.05, 4.69) is 10.1 Å². The molecule has 3 fully saturated rings. The Balaban J connectivity index is 1.11. The van der Waals surface area contributed by atoms with Crippen molar-refractivity contribution in [2.24, 2.45) is 0 Å². The van der Waals surface area contributed by atoms with E-state index in [1.165, 1.54) is 29.1 Å². The number of fused-ring (bicyclic) bond motifs is 8. The molecule has 0 aliphatic carbocycles. The number of aromatic nitrogens is 7. The summed E-state index contributed by atoms with van der Waals surface area (Å²) in [6, 6.07) is 8.27. The number of halogens is 3. The summed E-state index contributed by atoms with van der Waals surface area (Å²) >= 11 is 0. The molecule has 304 valence electrons. The van der Waals surface area contributed by atoms with Crippen LogP contribution >= 0.6 is 0 Å². The fourth-order valence-electron chi connectivity index (χ4n) is 9.20. The first-order valence-corrected chi connectivity index (χ1v) is 19.6. The molecule has 59 heavy (non-hydrogen) atoms. The van der Waals surface area contributed by atoms with Crippen LogP contribution in [0.5, 0.6) is 5.88 Å². The molecule has 4 aromatic heterocycles. The lowest BCUT2D eigenvalue weighted by atomic mass is 9.87. The van der Waals surface area contributed by atoms with E-state index in [0.29, 0.717) is 59.8 Å². The Bertz CT molecular complexity index is 2690. The Hall–Kier alpha value is -6.30. The molecule has 2 aromatic carbocycles. The summed E-state index contributed by atoms with van der Waals surface area (Å²) in [7, 11) is 3.48. The number of pyridine rings is 1. The third-order valence-electron chi connectivity index (χ3n) is 11.9. The summed E-state index contributed by atoms with van der Waals surface area (Å²) in [5, 5.41) is 4.92. The fraction of sp³-hybridized carbons (Fsp3) is 0.390. The molecule has 0 unspecified atom stereocenters. The number of ether oxygens (including phenoxy) is 2. The van der Waals surface area contributed by atoms with Gasteiger partial charge in [-0.05, 0) is 50.1 Å². The van der Waals surface area contributed by atoms with Crippen molar-refractivity contribution in [3.63, 3.8) is 0 Å². The molecule has 10 rings (SSSR count). The van der Waals surface area contributed by atoms with Gasteiger partial charge in [0.15, 0.2) is 11.5 Å². The zero-order valence-electron chi connectivity index (χ0n) is 32.7. The number of imidazole rings is 1. The number of rotatable bonds is 5. The minimum absolute atomic E-state index is 0.0344. The number of benzene rings is 2. The summed E-state index contributed by atoms with van der Waals surface area (Å²) in [4.78, 5) is 54.3. The molecule has 0 radical (unpaired) electrons. The van der Waals surface area contributed by atoms with Crippen molar-refractivity contribution in [2.75, 3.05) is 50.1 Å². The number of carbonyl (C=O) groups excluding carboxylic acids is 2. The van der Waals surface area contributed by atoms with Gasteiger partial charge in [0.05, 0.1) is 47.9 Å². The largest absolute Gasteiger partial charge is 0.472 e. The molecule has 15 nitrogen and oxygen atoms in total. The zero-order chi connectivity index (χ0) is 40.9. The van der Waals surface area contributed by atoms with E-state index in [0.717, 1.165) is 17.6 Å². The van der Waals surface area contributed by atoms with Crippen LogP contribution in [0.4, 0.5) is 24.9 Å². The van der Waals surface area contributed by atoms with Gasteiger partial charge in [-0.25, -0.2) is 27.8 Å². The van der Waals surface area contributed by atoms with Gasteiger partial charge in [-0.2, -0.15) is 15.1 Å². The molecule has 3 saturated heterocycles. The van der Waals surface area contributed by atoms with Crippen LogP contribution in [0.25, 0.3) is 38.9 Å². The van der Waals surface area contributed by atoms with Crippen molar-refractivity contribution in [3.8, 4) is 22.7 Å². The van der Waals surface area contributed by atoms with Gasteiger partial charge >= 0.3 is 0 Å². The molecule has 0 N–H and O–H groups in total. The molecule has 4 aliphatic heterocycles. The van der Waals surface area contributed by atoms with E-state index in [-0.39, 0.29) is 60.5 Å². The molecular weight excluding hydrogens is 768 g/mol. The summed E-state index contributed by atoms with van der Waals surface area (Å²) in [6.45, 7) is 5.33. The second-order valence-corrected chi connectivity index (χ2v) is 15.7. The van der Waals surface area contributed by atoms with Crippen molar-refractivity contribution >= 4 is 45.6 Å². The third kappa shape index (κ3) is 6.10. The number of carbonyl (C=O) groups is 2. The second kappa shape index (κ2) is 13.9. The number of piperazine rings is 1. The highest BCUT2D eigenvalue weighted by molar-refractivity contribution is 5.95. The van der Waals surface area contributed by atoms with Gasteiger partial charge in [0.25, 0.3) is 0 Å². The van der Waals surface area contributed by atoms with Crippen molar-refractivity contribution in [2.45, 2.75) is 63.6 Å². The molecule has 0 saturated carbocycles. The maximum Gasteiger partial charge on any atom is 0.245 e. The van der Waals surface area contributed by atoms with Crippen molar-refractivity contribution < 1.29 is 32.2 Å². The van der Waals surface area contributed by atoms with E-state index >= 15 is 8.78 Å². The third-order valence-corrected chi connectivity index (χ3v) is 11.9. The molecule has 18 heteroatoms. The van der Waals surface area contributed by atoms with Gasteiger partial charge in [-0.1, -0.05) is 0 Å². The molecular formula is C41H40F3N11O4. The van der Waals surface area contributed by atoms with Gasteiger partial charge in [0, 0.05) is 70.2 Å². The molecule has 6 aromatic rings. The van der Waals surface area contributed by atoms with Crippen LogP contribution in [0.15, 0.2) is 54.9 Å². The fourth-order valence-corrected chi connectivity index (χ4v) is 9.20. The first-order valence-electron chi connectivity index (χ1n) is 19.6. The second-order valence-electron chi connectivity index (χ2n) is 15.7. The van der Waals surface area contributed by atoms with E-state index < -0.39 is 41.7 Å². The first-order chi connectivity index (χ1) is 28.4. The minimum Gasteiger partial charge on any atom is -0.472 e. The lowest BCUT2D eigenvalue weighted by Gasteiger charge is -2.54. The summed E-state index contributed by atoms with van der Waals surface area (Å²) in [5.41, 5.74) is 2.69. The average molecular weight is 808 g/mol. The van der Waals surface area contributed by atoms with Gasteiger partial charge in [0.2, 0.25) is 23.6 Å². The smallest absolute Gasteiger partial charge is 0.245 e. The monoisotopic (exact) mass is 807 g/mol. The topological polar surface area (TPSA) is 140 Å². The number of aryl methyl sites for hydroxylation is 1. The minimum atomic E-state index is -0.845. The van der Waals surface area contributed by atoms with Crippen LogP contribution in [0, 0.1) is 24.4 Å². The van der Waals surface area contributed by atoms with Gasteiger partial charge in [-0.15, -0.1) is 0 Å². The number of amides is 2. The van der Waals surface area contributed by atoms with Crippen LogP contribution in [-0.4, -0.2) is 127 Å². The predicted molar refractivity (Wildman–Crippen MR) is 210 cm³/mol. The lowest BCUT2D eigenvalue weighted by molar-refractivity contribution is -0.138. The number of nitrogens with zero attached hydrogens (tertiary/aromatic N) is 11. The normalized spacial score (nSPS) is 23.1. The number of hydrogen-bond donors (Lipinski definition) is 0. The highest BCUT2D eigenvalue weighted by Gasteiger charge is 2.51. The number of likely N-dealkylation sites (N-methyl/N-ethyl adjacent to an activating group) is 2. The standard InChI is InChI=1S/C41H40F3N11O4/c1-5-58-27-18-51(4)39(56)33-15-26(59-35-10-22(8-9-45-35)28-11-24(43)13-31-36(28)52(20-27)21(2)47-31)19-53(33)37-29-16-46-55(32-7-6-23(42)12-30(32)44)38(29)49-41(48-37)54-25-14-34(54)40(57)50(3)17-25/h6-13,16,25-27,33-34H,5,14-15,17-20H2,1-4H3/t25-,26-,27-,33-,34+/m0/s1. The van der Waals surface area contributed by atoms with Crippen LogP contribution in [0.3, 0.4) is 0 Å². The highest BCUT2D eigenvalue weighted by Crippen LogP contribution is 2.41. The molecule has 4 aliphatic rings. The summed E-state index contributed by atoms with van der Waals surface area (Å²) in [5.74, 6) is -0.811. The molecule has 5 atom stereocenters. The number of likely N-dealkylation sites (tertiary alicyclic amines) is 1. The maximum absolute atomic E-state index is 15.4. The van der Waals surface area contributed by atoms with Crippen LogP contribution in [0.1, 0.15) is 25.6 Å². The Morgan fingerprint density at radius 2 is 1.69 bits per heavy atom. The lowest BCUT2D eigenvalue weighted by Crippen LogP contribution is -2.71. The highest BCUT2D eigenvalue weighted by atomic mass is 19.1. The Morgan fingerprint density at radius 3 is 2.49 bits per heavy atom. The van der Waals surface area contributed by atoms with Crippen LogP contribution < -0.4 is 14.5 Å². The van der Waals surface area contributed by atoms with Gasteiger partial charge in [-0.3, -0.25) is 9.59 Å². The summed E-state index contributed by atoms with van der Waals surface area (Å²) in [6.07, 6.45) is 2.92. The number of anilines is 2. The van der Waals surface area contributed by atoms with Crippen LogP contribution in [0.2, 0.25) is 0 Å². The quantitative estimate of drug-likeness (QED) is 0.247. The number of hydrogen-bond acceptors (Lipinski definition) is 11. The van der Waals surface area contributed by atoms with E-state index in [4.69, 9.17) is 24.4 Å². The summed E-state index contributed by atoms with van der Waals surface area (Å²) < 4.78 is 60.7. The van der Waals surface area contributed by atoms with Crippen molar-refractivity contribution in [1.29, 1.82) is 0 Å². The van der Waals surface area contributed by atoms with E-state index in [1.54, 1.807) is 42.2 Å². The molecule has 2 amide bonds. The first kappa shape index (κ1) is 37.0.